The molecule has 2 N–H and O–H groups in total. The van der Waals surface area contributed by atoms with Gasteiger partial charge < -0.3 is 15.2 Å². The van der Waals surface area contributed by atoms with Gasteiger partial charge in [0.1, 0.15) is 11.9 Å². The molecule has 3 nitrogen and oxygen atoms in total. The summed E-state index contributed by atoms with van der Waals surface area (Å²) >= 11 is 0. The van der Waals surface area contributed by atoms with E-state index in [2.05, 4.69) is 5.32 Å². The lowest BCUT2D eigenvalue weighted by atomic mass is 10.1. The van der Waals surface area contributed by atoms with Gasteiger partial charge in [-0.3, -0.25) is 0 Å². The average Bonchev–Trinajstić information content (AvgIpc) is 2.29. The Morgan fingerprint density at radius 1 is 1.41 bits per heavy atom. The van der Waals surface area contributed by atoms with E-state index in [9.17, 15) is 8.78 Å². The molecule has 0 aliphatic rings. The van der Waals surface area contributed by atoms with Crippen LogP contribution in [0.15, 0.2) is 18.2 Å². The standard InChI is InChI=1S/C12H17F2NO2/c1-8-3-4-11(17-2)9(5-8)6-15-7-10(16)12(13)14/h3-5,10,12,15-16H,6-7H2,1-2H3. The maximum Gasteiger partial charge on any atom is 0.265 e. The first-order chi connectivity index (χ1) is 8.04. The molecule has 0 aliphatic heterocycles. The molecule has 1 unspecified atom stereocenters. The highest BCUT2D eigenvalue weighted by Crippen LogP contribution is 2.19. The fraction of sp³-hybridized carbons (Fsp3) is 0.500. The van der Waals surface area contributed by atoms with Crippen molar-refractivity contribution in [3.63, 3.8) is 0 Å². The highest BCUT2D eigenvalue weighted by molar-refractivity contribution is 5.36. The Labute approximate surface area is 99.4 Å². The number of aliphatic hydroxyl groups excluding tert-OH is 1. The van der Waals surface area contributed by atoms with Gasteiger partial charge in [0, 0.05) is 18.7 Å². The van der Waals surface area contributed by atoms with Crippen molar-refractivity contribution in [2.45, 2.75) is 26.0 Å². The molecule has 0 amide bonds. The van der Waals surface area contributed by atoms with Gasteiger partial charge in [-0.2, -0.15) is 0 Å². The summed E-state index contributed by atoms with van der Waals surface area (Å²) in [6.45, 7) is 2.18. The Morgan fingerprint density at radius 3 is 2.71 bits per heavy atom. The van der Waals surface area contributed by atoms with Gasteiger partial charge in [0.05, 0.1) is 7.11 Å². The zero-order chi connectivity index (χ0) is 12.8. The second-order valence-corrected chi connectivity index (χ2v) is 3.85. The number of aliphatic hydroxyl groups is 1. The quantitative estimate of drug-likeness (QED) is 0.801. The molecule has 1 rings (SSSR count). The highest BCUT2D eigenvalue weighted by Gasteiger charge is 2.15. The van der Waals surface area contributed by atoms with Gasteiger partial charge in [0.2, 0.25) is 0 Å². The number of hydrogen-bond acceptors (Lipinski definition) is 3. The number of benzene rings is 1. The molecule has 0 spiro atoms. The number of ether oxygens (including phenoxy) is 1. The topological polar surface area (TPSA) is 41.5 Å². The third-order valence-corrected chi connectivity index (χ3v) is 2.40. The number of aryl methyl sites for hydroxylation is 1. The lowest BCUT2D eigenvalue weighted by Gasteiger charge is -2.13. The minimum absolute atomic E-state index is 0.144. The average molecular weight is 245 g/mol. The molecular weight excluding hydrogens is 228 g/mol. The minimum atomic E-state index is -2.72. The van der Waals surface area contributed by atoms with E-state index >= 15 is 0 Å². The summed E-state index contributed by atoms with van der Waals surface area (Å²) < 4.78 is 29.3. The van der Waals surface area contributed by atoms with E-state index in [0.29, 0.717) is 12.3 Å². The van der Waals surface area contributed by atoms with Crippen molar-refractivity contribution in [2.24, 2.45) is 0 Å². The van der Waals surface area contributed by atoms with Crippen molar-refractivity contribution in [1.82, 2.24) is 5.32 Å². The largest absolute Gasteiger partial charge is 0.496 e. The van der Waals surface area contributed by atoms with E-state index in [-0.39, 0.29) is 6.54 Å². The monoisotopic (exact) mass is 245 g/mol. The van der Waals surface area contributed by atoms with E-state index in [0.717, 1.165) is 11.1 Å². The Morgan fingerprint density at radius 2 is 2.12 bits per heavy atom. The van der Waals surface area contributed by atoms with E-state index in [1.54, 1.807) is 7.11 Å². The Balaban J connectivity index is 2.53. The predicted molar refractivity (Wildman–Crippen MR) is 61.4 cm³/mol. The van der Waals surface area contributed by atoms with Crippen LogP contribution in [0.25, 0.3) is 0 Å². The van der Waals surface area contributed by atoms with Crippen LogP contribution < -0.4 is 10.1 Å². The molecule has 96 valence electrons. The van der Waals surface area contributed by atoms with Crippen LogP contribution in [0, 0.1) is 6.92 Å². The normalized spacial score (nSPS) is 12.8. The molecule has 0 aromatic heterocycles. The Kier molecular flexibility index (Phi) is 5.31. The van der Waals surface area contributed by atoms with Gasteiger partial charge in [-0.15, -0.1) is 0 Å². The molecular formula is C12H17F2NO2. The van der Waals surface area contributed by atoms with Crippen LogP contribution in [-0.2, 0) is 6.54 Å². The highest BCUT2D eigenvalue weighted by atomic mass is 19.3. The molecule has 1 aromatic rings. The molecule has 17 heavy (non-hydrogen) atoms. The van der Waals surface area contributed by atoms with Crippen LogP contribution in [-0.4, -0.2) is 31.3 Å². The summed E-state index contributed by atoms with van der Waals surface area (Å²) in [7, 11) is 1.56. The summed E-state index contributed by atoms with van der Waals surface area (Å²) in [6.07, 6.45) is -4.35. The summed E-state index contributed by atoms with van der Waals surface area (Å²) in [5.74, 6) is 0.703. The van der Waals surface area contributed by atoms with Crippen LogP contribution in [0.4, 0.5) is 8.78 Å². The van der Waals surface area contributed by atoms with E-state index in [1.165, 1.54) is 0 Å². The van der Waals surface area contributed by atoms with Crippen molar-refractivity contribution in [2.75, 3.05) is 13.7 Å². The van der Waals surface area contributed by atoms with E-state index in [4.69, 9.17) is 9.84 Å². The number of halogens is 2. The molecule has 0 heterocycles. The first-order valence-electron chi connectivity index (χ1n) is 5.35. The van der Waals surface area contributed by atoms with Crippen molar-refractivity contribution >= 4 is 0 Å². The molecule has 0 radical (unpaired) electrons. The van der Waals surface area contributed by atoms with Crippen LogP contribution in [0.1, 0.15) is 11.1 Å². The number of alkyl halides is 2. The van der Waals surface area contributed by atoms with Crippen LogP contribution in [0.2, 0.25) is 0 Å². The summed E-state index contributed by atoms with van der Waals surface area (Å²) in [5, 5.41) is 11.7. The minimum Gasteiger partial charge on any atom is -0.496 e. The molecule has 0 saturated carbocycles. The molecule has 0 fully saturated rings. The van der Waals surface area contributed by atoms with Crippen molar-refractivity contribution in [3.05, 3.63) is 29.3 Å². The Hall–Kier alpha value is -1.20. The molecule has 1 aromatic carbocycles. The van der Waals surface area contributed by atoms with E-state index < -0.39 is 12.5 Å². The van der Waals surface area contributed by atoms with Gasteiger partial charge >= 0.3 is 0 Å². The maximum absolute atomic E-state index is 12.0. The zero-order valence-corrected chi connectivity index (χ0v) is 9.91. The third kappa shape index (κ3) is 4.28. The lowest BCUT2D eigenvalue weighted by molar-refractivity contribution is -0.00342. The second kappa shape index (κ2) is 6.51. The first kappa shape index (κ1) is 13.9. The fourth-order valence-electron chi connectivity index (χ4n) is 1.49. The van der Waals surface area contributed by atoms with Crippen LogP contribution >= 0.6 is 0 Å². The van der Waals surface area contributed by atoms with Crippen molar-refractivity contribution in [3.8, 4) is 5.75 Å². The number of hydrogen-bond donors (Lipinski definition) is 2. The summed E-state index contributed by atoms with van der Waals surface area (Å²) in [4.78, 5) is 0. The lowest BCUT2D eigenvalue weighted by Crippen LogP contribution is -2.31. The van der Waals surface area contributed by atoms with Crippen LogP contribution in [0.5, 0.6) is 5.75 Å². The Bertz CT molecular complexity index is 358. The first-order valence-corrected chi connectivity index (χ1v) is 5.35. The number of methoxy groups -OCH3 is 1. The second-order valence-electron chi connectivity index (χ2n) is 3.85. The smallest absolute Gasteiger partial charge is 0.265 e. The maximum atomic E-state index is 12.0. The van der Waals surface area contributed by atoms with Crippen molar-refractivity contribution in [1.29, 1.82) is 0 Å². The summed E-state index contributed by atoms with van der Waals surface area (Å²) in [5.41, 5.74) is 1.95. The SMILES string of the molecule is COc1ccc(C)cc1CNCC(O)C(F)F. The van der Waals surface area contributed by atoms with Gasteiger partial charge in [-0.1, -0.05) is 17.7 Å². The van der Waals surface area contributed by atoms with Crippen LogP contribution in [0.3, 0.4) is 0 Å². The molecule has 0 saturated heterocycles. The third-order valence-electron chi connectivity index (χ3n) is 2.40. The number of nitrogens with one attached hydrogen (secondary N) is 1. The molecule has 5 heteroatoms. The van der Waals surface area contributed by atoms with Gasteiger partial charge in [-0.05, 0) is 13.0 Å². The predicted octanol–water partition coefficient (Wildman–Crippen LogP) is 1.72. The van der Waals surface area contributed by atoms with Gasteiger partial charge in [0.25, 0.3) is 6.43 Å². The van der Waals surface area contributed by atoms with Crippen molar-refractivity contribution < 1.29 is 18.6 Å². The molecule has 1 atom stereocenters. The van der Waals surface area contributed by atoms with Gasteiger partial charge in [-0.25, -0.2) is 8.78 Å². The zero-order valence-electron chi connectivity index (χ0n) is 9.91. The fourth-order valence-corrected chi connectivity index (χ4v) is 1.49. The van der Waals surface area contributed by atoms with E-state index in [1.807, 2.05) is 25.1 Å². The number of rotatable bonds is 6. The van der Waals surface area contributed by atoms with Gasteiger partial charge in [0.15, 0.2) is 0 Å². The summed E-state index contributed by atoms with van der Waals surface area (Å²) in [6, 6.07) is 5.66. The molecule has 0 bridgehead atoms. The molecule has 0 aliphatic carbocycles.